The molecule has 0 radical (unpaired) electrons. The van der Waals surface area contributed by atoms with Crippen molar-refractivity contribution in [3.05, 3.63) is 51.6 Å². The van der Waals surface area contributed by atoms with Gasteiger partial charge in [0.05, 0.1) is 0 Å². The van der Waals surface area contributed by atoms with Crippen LogP contribution in [0.25, 0.3) is 0 Å². The summed E-state index contributed by atoms with van der Waals surface area (Å²) in [5, 5.41) is 0. The number of carbonyl (C=O) groups excluding carboxylic acids is 1. The second kappa shape index (κ2) is 7.74. The number of likely N-dealkylation sites (N-methyl/N-ethyl adjacent to an activating group) is 1. The van der Waals surface area contributed by atoms with Crippen LogP contribution in [0.15, 0.2) is 42.5 Å². The van der Waals surface area contributed by atoms with Crippen LogP contribution in [0.3, 0.4) is 0 Å². The fourth-order valence-corrected chi connectivity index (χ4v) is 2.69. The lowest BCUT2D eigenvalue weighted by Crippen LogP contribution is -2.31. The lowest BCUT2D eigenvalue weighted by Gasteiger charge is -2.21. The van der Waals surface area contributed by atoms with E-state index in [1.165, 1.54) is 0 Å². The van der Waals surface area contributed by atoms with Crippen molar-refractivity contribution in [3.8, 4) is 17.2 Å². The first-order chi connectivity index (χ1) is 11.6. The van der Waals surface area contributed by atoms with Crippen LogP contribution in [0.1, 0.15) is 5.56 Å². The molecule has 6 heteroatoms. The molecule has 2 aromatic rings. The van der Waals surface area contributed by atoms with Crippen LogP contribution in [0.5, 0.6) is 17.2 Å². The molecule has 24 heavy (non-hydrogen) atoms. The van der Waals surface area contributed by atoms with Crippen LogP contribution in [-0.4, -0.2) is 37.7 Å². The van der Waals surface area contributed by atoms with Crippen molar-refractivity contribution in [1.29, 1.82) is 0 Å². The zero-order valence-corrected chi connectivity index (χ0v) is 15.5. The minimum absolute atomic E-state index is 0.0155. The summed E-state index contributed by atoms with van der Waals surface area (Å²) in [6.45, 7) is 1.63. The van der Waals surface area contributed by atoms with Gasteiger partial charge in [-0.2, -0.15) is 0 Å². The van der Waals surface area contributed by atoms with Gasteiger partial charge in [-0.05, 0) is 64.6 Å². The average Bonchev–Trinajstić information content (AvgIpc) is 2.61. The Labute approximate surface area is 154 Å². The topological polar surface area (TPSA) is 48.0 Å². The first-order valence-electron chi connectivity index (χ1n) is 7.63. The van der Waals surface area contributed by atoms with Crippen LogP contribution >= 0.6 is 22.6 Å². The Morgan fingerprint density at radius 1 is 1.12 bits per heavy atom. The Morgan fingerprint density at radius 2 is 1.83 bits per heavy atom. The van der Waals surface area contributed by atoms with E-state index in [1.807, 2.05) is 42.5 Å². The highest BCUT2D eigenvalue weighted by Crippen LogP contribution is 2.31. The molecule has 0 fully saturated rings. The Kier molecular flexibility index (Phi) is 5.44. The number of benzene rings is 2. The fraction of sp³-hybridized carbons (Fsp3) is 0.278. The van der Waals surface area contributed by atoms with Crippen molar-refractivity contribution < 1.29 is 19.0 Å². The highest BCUT2D eigenvalue weighted by molar-refractivity contribution is 14.1. The minimum atomic E-state index is -0.0801. The number of halogens is 1. The predicted molar refractivity (Wildman–Crippen MR) is 98.6 cm³/mol. The summed E-state index contributed by atoms with van der Waals surface area (Å²) in [4.78, 5) is 13.9. The summed E-state index contributed by atoms with van der Waals surface area (Å²) in [5.74, 6) is 2.09. The molecule has 0 unspecified atom stereocenters. The zero-order valence-electron chi connectivity index (χ0n) is 13.3. The van der Waals surface area contributed by atoms with Gasteiger partial charge in [0.2, 0.25) is 0 Å². The van der Waals surface area contributed by atoms with Gasteiger partial charge >= 0.3 is 0 Å². The van der Waals surface area contributed by atoms with Crippen LogP contribution in [0.4, 0.5) is 0 Å². The standard InChI is InChI=1S/C18H18INO4/c1-20(18(21)12-24-15-5-3-14(19)4-6-15)11-13-2-7-16-17(10-13)23-9-8-22-16/h2-7,10H,8-9,11-12H2,1H3. The summed E-state index contributed by atoms with van der Waals surface area (Å²) >= 11 is 2.23. The third kappa shape index (κ3) is 4.31. The molecule has 1 aliphatic heterocycles. The Balaban J connectivity index is 1.55. The first kappa shape index (κ1) is 16.9. The Morgan fingerprint density at radius 3 is 2.58 bits per heavy atom. The molecule has 3 rings (SSSR count). The van der Waals surface area contributed by atoms with E-state index in [9.17, 15) is 4.79 Å². The van der Waals surface area contributed by atoms with E-state index in [0.29, 0.717) is 25.5 Å². The molecule has 2 aromatic carbocycles. The van der Waals surface area contributed by atoms with Crippen LogP contribution in [0.2, 0.25) is 0 Å². The SMILES string of the molecule is CN(Cc1ccc2c(c1)OCCO2)C(=O)COc1ccc(I)cc1. The van der Waals surface area contributed by atoms with Gasteiger partial charge in [-0.1, -0.05) is 6.07 Å². The van der Waals surface area contributed by atoms with Crippen molar-refractivity contribution in [2.24, 2.45) is 0 Å². The summed E-state index contributed by atoms with van der Waals surface area (Å²) < 4.78 is 17.7. The monoisotopic (exact) mass is 439 g/mol. The maximum atomic E-state index is 12.2. The average molecular weight is 439 g/mol. The Hall–Kier alpha value is -1.96. The maximum absolute atomic E-state index is 12.2. The molecule has 0 atom stereocenters. The van der Waals surface area contributed by atoms with E-state index >= 15 is 0 Å². The molecule has 0 spiro atoms. The summed E-state index contributed by atoms with van der Waals surface area (Å²) in [6, 6.07) is 13.3. The number of rotatable bonds is 5. The largest absolute Gasteiger partial charge is 0.486 e. The minimum Gasteiger partial charge on any atom is -0.486 e. The molecule has 0 aliphatic carbocycles. The molecule has 0 saturated carbocycles. The van der Waals surface area contributed by atoms with E-state index < -0.39 is 0 Å². The first-order valence-corrected chi connectivity index (χ1v) is 8.70. The Bertz CT molecular complexity index is 717. The van der Waals surface area contributed by atoms with Gasteiger partial charge in [0.1, 0.15) is 19.0 Å². The number of nitrogens with zero attached hydrogens (tertiary/aromatic N) is 1. The van der Waals surface area contributed by atoms with Gasteiger partial charge in [0, 0.05) is 17.2 Å². The highest BCUT2D eigenvalue weighted by Gasteiger charge is 2.14. The molecule has 5 nitrogen and oxygen atoms in total. The van der Waals surface area contributed by atoms with Gasteiger partial charge in [-0.15, -0.1) is 0 Å². The van der Waals surface area contributed by atoms with Crippen LogP contribution in [-0.2, 0) is 11.3 Å². The van der Waals surface area contributed by atoms with Crippen molar-refractivity contribution in [3.63, 3.8) is 0 Å². The van der Waals surface area contributed by atoms with Gasteiger partial charge < -0.3 is 19.1 Å². The molecular formula is C18H18INO4. The third-order valence-corrected chi connectivity index (χ3v) is 4.35. The molecule has 0 saturated heterocycles. The maximum Gasteiger partial charge on any atom is 0.260 e. The molecule has 1 heterocycles. The van der Waals surface area contributed by atoms with Gasteiger partial charge in [-0.25, -0.2) is 0 Å². The summed E-state index contributed by atoms with van der Waals surface area (Å²) in [7, 11) is 1.76. The summed E-state index contributed by atoms with van der Waals surface area (Å²) in [6.07, 6.45) is 0. The smallest absolute Gasteiger partial charge is 0.260 e. The number of fused-ring (bicyclic) bond motifs is 1. The van der Waals surface area contributed by atoms with Crippen molar-refractivity contribution in [1.82, 2.24) is 4.90 Å². The zero-order chi connectivity index (χ0) is 16.9. The quantitative estimate of drug-likeness (QED) is 0.673. The second-order valence-electron chi connectivity index (χ2n) is 5.47. The van der Waals surface area contributed by atoms with Gasteiger partial charge in [0.15, 0.2) is 18.1 Å². The number of hydrogen-bond donors (Lipinski definition) is 0. The molecule has 0 N–H and O–H groups in total. The number of ether oxygens (including phenoxy) is 3. The molecule has 126 valence electrons. The van der Waals surface area contributed by atoms with Crippen LogP contribution in [0, 0.1) is 3.57 Å². The van der Waals surface area contributed by atoms with Crippen LogP contribution < -0.4 is 14.2 Å². The fourth-order valence-electron chi connectivity index (χ4n) is 2.33. The molecule has 1 amide bonds. The number of carbonyl (C=O) groups is 1. The van der Waals surface area contributed by atoms with E-state index in [-0.39, 0.29) is 12.5 Å². The molecule has 1 aliphatic rings. The second-order valence-corrected chi connectivity index (χ2v) is 6.72. The van der Waals surface area contributed by atoms with E-state index in [4.69, 9.17) is 14.2 Å². The lowest BCUT2D eigenvalue weighted by molar-refractivity contribution is -0.132. The van der Waals surface area contributed by atoms with E-state index in [0.717, 1.165) is 20.6 Å². The number of amides is 1. The van der Waals surface area contributed by atoms with E-state index in [2.05, 4.69) is 22.6 Å². The highest BCUT2D eigenvalue weighted by atomic mass is 127. The molecule has 0 aromatic heterocycles. The van der Waals surface area contributed by atoms with Gasteiger partial charge in [-0.3, -0.25) is 4.79 Å². The third-order valence-electron chi connectivity index (χ3n) is 3.63. The predicted octanol–water partition coefficient (Wildman–Crippen LogP) is 3.10. The molecule has 0 bridgehead atoms. The molecular weight excluding hydrogens is 421 g/mol. The normalized spacial score (nSPS) is 12.6. The summed E-state index contributed by atoms with van der Waals surface area (Å²) in [5.41, 5.74) is 0.990. The van der Waals surface area contributed by atoms with Crippen molar-refractivity contribution >= 4 is 28.5 Å². The number of hydrogen-bond acceptors (Lipinski definition) is 4. The lowest BCUT2D eigenvalue weighted by atomic mass is 10.2. The van der Waals surface area contributed by atoms with E-state index in [1.54, 1.807) is 11.9 Å². The van der Waals surface area contributed by atoms with Crippen molar-refractivity contribution in [2.45, 2.75) is 6.54 Å². The van der Waals surface area contributed by atoms with Crippen molar-refractivity contribution in [2.75, 3.05) is 26.9 Å². The van der Waals surface area contributed by atoms with Gasteiger partial charge in [0.25, 0.3) is 5.91 Å².